The molecule has 0 heterocycles. The Morgan fingerprint density at radius 3 is 2.62 bits per heavy atom. The molecular formula is C14H22BrN. The van der Waals surface area contributed by atoms with Gasteiger partial charge in [-0.25, -0.2) is 0 Å². The first-order chi connectivity index (χ1) is 7.63. The molecule has 2 heteroatoms. The van der Waals surface area contributed by atoms with E-state index >= 15 is 0 Å². The van der Waals surface area contributed by atoms with E-state index in [0.717, 1.165) is 18.8 Å². The van der Waals surface area contributed by atoms with E-state index in [1.165, 1.54) is 22.9 Å². The summed E-state index contributed by atoms with van der Waals surface area (Å²) in [5.74, 6) is 0.738. The largest absolute Gasteiger partial charge is 0.327 e. The van der Waals surface area contributed by atoms with Gasteiger partial charge in [-0.15, -0.1) is 0 Å². The zero-order valence-electron chi connectivity index (χ0n) is 10.2. The fraction of sp³-hybridized carbons (Fsp3) is 0.571. The molecule has 2 N–H and O–H groups in total. The Bertz CT molecular complexity index is 311. The molecule has 0 bridgehead atoms. The highest BCUT2D eigenvalue weighted by atomic mass is 79.9. The second-order valence-electron chi connectivity index (χ2n) is 4.69. The molecule has 1 aromatic rings. The molecular weight excluding hydrogens is 262 g/mol. The summed E-state index contributed by atoms with van der Waals surface area (Å²) in [5, 5.41) is 0. The van der Waals surface area contributed by atoms with Crippen molar-refractivity contribution in [1.29, 1.82) is 0 Å². The molecule has 0 fully saturated rings. The molecule has 0 saturated carbocycles. The Morgan fingerprint density at radius 1 is 1.31 bits per heavy atom. The lowest BCUT2D eigenvalue weighted by molar-refractivity contribution is 0.431. The van der Waals surface area contributed by atoms with Gasteiger partial charge in [0.15, 0.2) is 0 Å². The van der Waals surface area contributed by atoms with Crippen LogP contribution >= 0.6 is 15.9 Å². The molecule has 1 rings (SSSR count). The molecule has 0 aromatic heterocycles. The normalized spacial score (nSPS) is 14.8. The minimum Gasteiger partial charge on any atom is -0.327 e. The van der Waals surface area contributed by atoms with Gasteiger partial charge in [0.05, 0.1) is 0 Å². The van der Waals surface area contributed by atoms with E-state index in [9.17, 15) is 0 Å². The fourth-order valence-corrected chi connectivity index (χ4v) is 2.60. The minimum atomic E-state index is 0.278. The average molecular weight is 284 g/mol. The maximum Gasteiger partial charge on any atom is 0.0207 e. The number of rotatable bonds is 6. The Kier molecular flexibility index (Phi) is 6.07. The van der Waals surface area contributed by atoms with Crippen LogP contribution in [0.15, 0.2) is 28.7 Å². The summed E-state index contributed by atoms with van der Waals surface area (Å²) in [4.78, 5) is 0. The van der Waals surface area contributed by atoms with Crippen molar-refractivity contribution >= 4 is 15.9 Å². The summed E-state index contributed by atoms with van der Waals surface area (Å²) >= 11 is 3.57. The van der Waals surface area contributed by atoms with Gasteiger partial charge >= 0.3 is 0 Å². The first-order valence-corrected chi connectivity index (χ1v) is 6.91. The molecule has 2 unspecified atom stereocenters. The van der Waals surface area contributed by atoms with Crippen LogP contribution in [0.3, 0.4) is 0 Å². The van der Waals surface area contributed by atoms with Crippen molar-refractivity contribution in [2.45, 2.75) is 45.6 Å². The van der Waals surface area contributed by atoms with E-state index in [2.05, 4.69) is 48.0 Å². The van der Waals surface area contributed by atoms with Crippen molar-refractivity contribution in [2.24, 2.45) is 11.7 Å². The summed E-state index contributed by atoms with van der Waals surface area (Å²) < 4.78 is 1.17. The Labute approximate surface area is 108 Å². The first kappa shape index (κ1) is 13.7. The van der Waals surface area contributed by atoms with Crippen LogP contribution in [0.1, 0.15) is 38.7 Å². The predicted molar refractivity (Wildman–Crippen MR) is 74.5 cm³/mol. The molecule has 0 aliphatic heterocycles. The van der Waals surface area contributed by atoms with Crippen LogP contribution in [0.5, 0.6) is 0 Å². The maximum atomic E-state index is 6.18. The SMILES string of the molecule is CCCC(C)CC(N)Cc1ccccc1Br. The summed E-state index contributed by atoms with van der Waals surface area (Å²) in [5.41, 5.74) is 7.50. The van der Waals surface area contributed by atoms with Gasteiger partial charge in [0.1, 0.15) is 0 Å². The number of halogens is 1. The van der Waals surface area contributed by atoms with Crippen LogP contribution < -0.4 is 5.73 Å². The summed E-state index contributed by atoms with van der Waals surface area (Å²) in [6.45, 7) is 4.53. The Hall–Kier alpha value is -0.340. The molecule has 1 aromatic carbocycles. The van der Waals surface area contributed by atoms with Gasteiger partial charge in [0.25, 0.3) is 0 Å². The zero-order valence-corrected chi connectivity index (χ0v) is 11.8. The number of nitrogens with two attached hydrogens (primary N) is 1. The molecule has 0 saturated heterocycles. The van der Waals surface area contributed by atoms with E-state index in [1.54, 1.807) is 0 Å². The monoisotopic (exact) mass is 283 g/mol. The molecule has 0 radical (unpaired) electrons. The van der Waals surface area contributed by atoms with E-state index in [4.69, 9.17) is 5.73 Å². The lowest BCUT2D eigenvalue weighted by Crippen LogP contribution is -2.25. The van der Waals surface area contributed by atoms with Gasteiger partial charge in [-0.3, -0.25) is 0 Å². The molecule has 90 valence electrons. The first-order valence-electron chi connectivity index (χ1n) is 6.12. The smallest absolute Gasteiger partial charge is 0.0207 e. The molecule has 0 spiro atoms. The van der Waals surface area contributed by atoms with Crippen molar-refractivity contribution in [3.63, 3.8) is 0 Å². The molecule has 0 amide bonds. The van der Waals surface area contributed by atoms with Crippen molar-refractivity contribution in [2.75, 3.05) is 0 Å². The van der Waals surface area contributed by atoms with E-state index < -0.39 is 0 Å². The second-order valence-corrected chi connectivity index (χ2v) is 5.54. The van der Waals surface area contributed by atoms with Crippen molar-refractivity contribution in [1.82, 2.24) is 0 Å². The van der Waals surface area contributed by atoms with Crippen LogP contribution in [-0.4, -0.2) is 6.04 Å². The van der Waals surface area contributed by atoms with Gasteiger partial charge in [-0.1, -0.05) is 60.8 Å². The number of hydrogen-bond donors (Lipinski definition) is 1. The molecule has 2 atom stereocenters. The third-order valence-electron chi connectivity index (χ3n) is 2.93. The summed E-state index contributed by atoms with van der Waals surface area (Å²) in [7, 11) is 0. The molecule has 1 nitrogen and oxygen atoms in total. The highest BCUT2D eigenvalue weighted by molar-refractivity contribution is 9.10. The number of hydrogen-bond acceptors (Lipinski definition) is 1. The fourth-order valence-electron chi connectivity index (χ4n) is 2.16. The maximum absolute atomic E-state index is 6.18. The van der Waals surface area contributed by atoms with Crippen molar-refractivity contribution in [3.05, 3.63) is 34.3 Å². The highest BCUT2D eigenvalue weighted by Gasteiger charge is 2.10. The van der Waals surface area contributed by atoms with Crippen molar-refractivity contribution in [3.8, 4) is 0 Å². The van der Waals surface area contributed by atoms with Gasteiger partial charge in [0.2, 0.25) is 0 Å². The average Bonchev–Trinajstić information content (AvgIpc) is 2.21. The van der Waals surface area contributed by atoms with Crippen LogP contribution in [-0.2, 0) is 6.42 Å². The molecule has 16 heavy (non-hydrogen) atoms. The summed E-state index contributed by atoms with van der Waals surface area (Å²) in [6.07, 6.45) is 4.62. The quantitative estimate of drug-likeness (QED) is 0.834. The zero-order chi connectivity index (χ0) is 12.0. The Balaban J connectivity index is 2.45. The van der Waals surface area contributed by atoms with Gasteiger partial charge in [0, 0.05) is 10.5 Å². The Morgan fingerprint density at radius 2 is 2.00 bits per heavy atom. The van der Waals surface area contributed by atoms with E-state index in [-0.39, 0.29) is 6.04 Å². The van der Waals surface area contributed by atoms with E-state index in [1.807, 2.05) is 6.07 Å². The van der Waals surface area contributed by atoms with Crippen LogP contribution in [0.25, 0.3) is 0 Å². The van der Waals surface area contributed by atoms with Crippen LogP contribution in [0.4, 0.5) is 0 Å². The van der Waals surface area contributed by atoms with Gasteiger partial charge in [-0.05, 0) is 30.4 Å². The lowest BCUT2D eigenvalue weighted by atomic mass is 9.94. The van der Waals surface area contributed by atoms with Gasteiger partial charge in [-0.2, -0.15) is 0 Å². The standard InChI is InChI=1S/C14H22BrN/c1-3-6-11(2)9-13(16)10-12-7-4-5-8-14(12)15/h4-5,7-8,11,13H,3,6,9-10,16H2,1-2H3. The lowest BCUT2D eigenvalue weighted by Gasteiger charge is -2.17. The van der Waals surface area contributed by atoms with Crippen molar-refractivity contribution < 1.29 is 0 Å². The second kappa shape index (κ2) is 7.08. The van der Waals surface area contributed by atoms with E-state index in [0.29, 0.717) is 0 Å². The molecule has 0 aliphatic rings. The topological polar surface area (TPSA) is 26.0 Å². The number of benzene rings is 1. The third-order valence-corrected chi connectivity index (χ3v) is 3.70. The minimum absolute atomic E-state index is 0.278. The van der Waals surface area contributed by atoms with Gasteiger partial charge < -0.3 is 5.73 Å². The van der Waals surface area contributed by atoms with Crippen LogP contribution in [0, 0.1) is 5.92 Å². The summed E-state index contributed by atoms with van der Waals surface area (Å²) in [6, 6.07) is 8.62. The van der Waals surface area contributed by atoms with Crippen LogP contribution in [0.2, 0.25) is 0 Å². The third kappa shape index (κ3) is 4.67. The predicted octanol–water partition coefficient (Wildman–Crippen LogP) is 4.15. The molecule has 0 aliphatic carbocycles. The highest BCUT2D eigenvalue weighted by Crippen LogP contribution is 2.20.